The summed E-state index contributed by atoms with van der Waals surface area (Å²) in [6, 6.07) is 54.5. The predicted octanol–water partition coefficient (Wildman–Crippen LogP) is 10.4. The first kappa shape index (κ1) is 25.0. The first-order valence-electron chi connectivity index (χ1n) is 16.8. The SMILES string of the molecule is c1ccc2c(c1)C1=C(c3ccccc3C13c1ccccc1-c1c3ccc3cccnc13)C21c2ccccc2-c2c1ccc1cccnc21. The van der Waals surface area contributed by atoms with Gasteiger partial charge in [0.15, 0.2) is 0 Å². The summed E-state index contributed by atoms with van der Waals surface area (Å²) in [5.41, 5.74) is 19.8. The van der Waals surface area contributed by atoms with Crippen molar-refractivity contribution in [2.24, 2.45) is 0 Å². The molecule has 0 saturated heterocycles. The number of hydrogen-bond acceptors (Lipinski definition) is 2. The van der Waals surface area contributed by atoms with Crippen LogP contribution in [0.2, 0.25) is 0 Å². The normalized spacial score (nSPS) is 20.2. The lowest BCUT2D eigenvalue weighted by Crippen LogP contribution is -2.28. The van der Waals surface area contributed by atoms with Gasteiger partial charge in [-0.05, 0) is 78.9 Å². The molecule has 220 valence electrons. The van der Waals surface area contributed by atoms with Gasteiger partial charge in [0.05, 0.1) is 21.9 Å². The maximum absolute atomic E-state index is 5.03. The summed E-state index contributed by atoms with van der Waals surface area (Å²) in [5.74, 6) is 0. The van der Waals surface area contributed by atoms with Crippen LogP contribution in [0, 0.1) is 0 Å². The molecule has 2 atom stereocenters. The third kappa shape index (κ3) is 2.55. The fourth-order valence-corrected chi connectivity index (χ4v) is 10.3. The van der Waals surface area contributed by atoms with Gasteiger partial charge in [-0.3, -0.25) is 9.97 Å². The van der Waals surface area contributed by atoms with Crippen LogP contribution in [0.4, 0.5) is 0 Å². The van der Waals surface area contributed by atoms with Crippen LogP contribution in [0.1, 0.15) is 44.5 Å². The fourth-order valence-electron chi connectivity index (χ4n) is 10.3. The van der Waals surface area contributed by atoms with Crippen molar-refractivity contribution in [3.8, 4) is 22.3 Å². The van der Waals surface area contributed by atoms with Crippen molar-refractivity contribution in [2.45, 2.75) is 10.8 Å². The van der Waals surface area contributed by atoms with Crippen molar-refractivity contribution in [3.63, 3.8) is 0 Å². The zero-order chi connectivity index (χ0) is 31.2. The van der Waals surface area contributed by atoms with E-state index in [1.165, 1.54) is 88.7 Å². The van der Waals surface area contributed by atoms with E-state index < -0.39 is 10.8 Å². The first-order chi connectivity index (χ1) is 23.8. The molecule has 0 fully saturated rings. The molecular weight excluding hydrogens is 581 g/mol. The Morgan fingerprint density at radius 2 is 0.688 bits per heavy atom. The molecule has 2 heterocycles. The van der Waals surface area contributed by atoms with Gasteiger partial charge in [0, 0.05) is 34.3 Å². The molecule has 2 nitrogen and oxygen atoms in total. The Hall–Kier alpha value is -6.12. The van der Waals surface area contributed by atoms with Gasteiger partial charge >= 0.3 is 0 Å². The first-order valence-corrected chi connectivity index (χ1v) is 16.8. The van der Waals surface area contributed by atoms with Crippen molar-refractivity contribution in [1.82, 2.24) is 9.97 Å². The standard InChI is InChI=1S/C46H26N2/c1-5-17-33-29(13-1)39-37(23-21-27-11-9-25-47-43(27)39)45(33)35-19-7-3-15-31(35)42-41(45)32-16-4-8-20-36(32)46(42)34-18-6-2-14-30(34)40-38(46)24-22-28-12-10-26-48-44(28)40/h1-26H. The molecule has 0 aliphatic heterocycles. The molecule has 8 aromatic rings. The molecule has 4 aliphatic carbocycles. The van der Waals surface area contributed by atoms with Gasteiger partial charge in [-0.2, -0.15) is 0 Å². The molecule has 2 unspecified atom stereocenters. The summed E-state index contributed by atoms with van der Waals surface area (Å²) in [6.45, 7) is 0. The van der Waals surface area contributed by atoms with E-state index in [9.17, 15) is 0 Å². The van der Waals surface area contributed by atoms with E-state index in [4.69, 9.17) is 9.97 Å². The molecule has 12 rings (SSSR count). The average molecular weight is 607 g/mol. The van der Waals surface area contributed by atoms with E-state index in [0.717, 1.165) is 11.0 Å². The van der Waals surface area contributed by atoms with E-state index in [-0.39, 0.29) is 0 Å². The third-order valence-corrected chi connectivity index (χ3v) is 11.8. The molecule has 48 heavy (non-hydrogen) atoms. The molecule has 2 spiro atoms. The highest BCUT2D eigenvalue weighted by atomic mass is 14.7. The summed E-state index contributed by atoms with van der Waals surface area (Å²) < 4.78 is 0. The highest BCUT2D eigenvalue weighted by Gasteiger charge is 2.63. The van der Waals surface area contributed by atoms with Crippen molar-refractivity contribution < 1.29 is 0 Å². The Morgan fingerprint density at radius 3 is 1.12 bits per heavy atom. The van der Waals surface area contributed by atoms with Crippen LogP contribution in [0.25, 0.3) is 55.2 Å². The molecule has 0 bridgehead atoms. The van der Waals surface area contributed by atoms with Crippen molar-refractivity contribution in [2.75, 3.05) is 0 Å². The molecule has 0 saturated carbocycles. The van der Waals surface area contributed by atoms with Crippen molar-refractivity contribution >= 4 is 33.0 Å². The lowest BCUT2D eigenvalue weighted by molar-refractivity contribution is 0.827. The fraction of sp³-hybridized carbons (Fsp3) is 0.0435. The van der Waals surface area contributed by atoms with Gasteiger partial charge < -0.3 is 0 Å². The maximum atomic E-state index is 5.03. The highest BCUT2D eigenvalue weighted by molar-refractivity contribution is 6.21. The number of aromatic nitrogens is 2. The molecule has 2 heteroatoms. The zero-order valence-electron chi connectivity index (χ0n) is 25.9. The Labute approximate surface area is 277 Å². The minimum absolute atomic E-state index is 0.490. The monoisotopic (exact) mass is 606 g/mol. The number of pyridine rings is 2. The minimum Gasteiger partial charge on any atom is -0.256 e. The molecule has 0 radical (unpaired) electrons. The van der Waals surface area contributed by atoms with E-state index in [0.29, 0.717) is 0 Å². The van der Waals surface area contributed by atoms with Crippen LogP contribution in [-0.4, -0.2) is 9.97 Å². The van der Waals surface area contributed by atoms with Crippen LogP contribution in [0.15, 0.2) is 158 Å². The van der Waals surface area contributed by atoms with Crippen molar-refractivity contribution in [1.29, 1.82) is 0 Å². The van der Waals surface area contributed by atoms with Crippen LogP contribution >= 0.6 is 0 Å². The van der Waals surface area contributed by atoms with Gasteiger partial charge in [0.25, 0.3) is 0 Å². The smallest absolute Gasteiger partial charge is 0.0783 e. The Morgan fingerprint density at radius 1 is 0.312 bits per heavy atom. The van der Waals surface area contributed by atoms with Crippen LogP contribution < -0.4 is 0 Å². The second kappa shape index (κ2) is 8.42. The summed E-state index contributed by atoms with van der Waals surface area (Å²) >= 11 is 0. The van der Waals surface area contributed by atoms with E-state index in [1.807, 2.05) is 24.5 Å². The van der Waals surface area contributed by atoms with Crippen molar-refractivity contribution in [3.05, 3.63) is 202 Å². The number of fused-ring (bicyclic) bond motifs is 22. The number of hydrogen-bond donors (Lipinski definition) is 0. The second-order valence-corrected chi connectivity index (χ2v) is 13.6. The molecule has 0 amide bonds. The van der Waals surface area contributed by atoms with E-state index in [1.54, 1.807) is 0 Å². The summed E-state index contributed by atoms with van der Waals surface area (Å²) in [6.07, 6.45) is 3.88. The zero-order valence-corrected chi connectivity index (χ0v) is 25.9. The second-order valence-electron chi connectivity index (χ2n) is 13.6. The quantitative estimate of drug-likeness (QED) is 0.172. The van der Waals surface area contributed by atoms with Crippen LogP contribution in [0.3, 0.4) is 0 Å². The third-order valence-electron chi connectivity index (χ3n) is 11.8. The molecule has 4 aliphatic rings. The van der Waals surface area contributed by atoms with Gasteiger partial charge in [0.1, 0.15) is 0 Å². The van der Waals surface area contributed by atoms with E-state index in [2.05, 4.69) is 133 Å². The average Bonchev–Trinajstić information content (AvgIpc) is 3.84. The van der Waals surface area contributed by atoms with E-state index >= 15 is 0 Å². The predicted molar refractivity (Wildman–Crippen MR) is 194 cm³/mol. The maximum Gasteiger partial charge on any atom is 0.0783 e. The Kier molecular flexibility index (Phi) is 4.39. The lowest BCUT2D eigenvalue weighted by atomic mass is 9.66. The van der Waals surface area contributed by atoms with Gasteiger partial charge in [-0.25, -0.2) is 0 Å². The largest absolute Gasteiger partial charge is 0.256 e. The highest BCUT2D eigenvalue weighted by Crippen LogP contribution is 2.74. The van der Waals surface area contributed by atoms with Gasteiger partial charge in [-0.15, -0.1) is 0 Å². The summed E-state index contributed by atoms with van der Waals surface area (Å²) in [5, 5.41) is 2.34. The minimum atomic E-state index is -0.490. The van der Waals surface area contributed by atoms with Crippen LogP contribution in [0.5, 0.6) is 0 Å². The number of rotatable bonds is 0. The summed E-state index contributed by atoms with van der Waals surface area (Å²) in [7, 11) is 0. The lowest BCUT2D eigenvalue weighted by Gasteiger charge is -2.34. The number of nitrogens with zero attached hydrogens (tertiary/aromatic N) is 2. The molecule has 0 N–H and O–H groups in total. The Bertz CT molecular complexity index is 2610. The Balaban J connectivity index is 1.33. The topological polar surface area (TPSA) is 25.8 Å². The number of allylic oxidation sites excluding steroid dienone is 2. The molecule has 6 aromatic carbocycles. The molecule has 2 aromatic heterocycles. The molecular formula is C46H26N2. The number of benzene rings is 6. The van der Waals surface area contributed by atoms with Gasteiger partial charge in [-0.1, -0.05) is 133 Å². The summed E-state index contributed by atoms with van der Waals surface area (Å²) in [4.78, 5) is 10.1. The van der Waals surface area contributed by atoms with Gasteiger partial charge in [0.2, 0.25) is 0 Å². The van der Waals surface area contributed by atoms with Crippen LogP contribution in [-0.2, 0) is 10.8 Å².